The maximum Gasteiger partial charge on any atom is 0.315 e. The van der Waals surface area contributed by atoms with Gasteiger partial charge in [0, 0.05) is 20.7 Å². The third-order valence-electron chi connectivity index (χ3n) is 5.14. The molecular weight excluding hydrogens is 442 g/mol. The van der Waals surface area contributed by atoms with E-state index in [1.807, 2.05) is 87.5 Å². The normalized spacial score (nSPS) is 13.2. The van der Waals surface area contributed by atoms with Crippen LogP contribution in [-0.2, 0) is 9.53 Å². The molecule has 4 aromatic rings. The Hall–Kier alpha value is -2.89. The molecule has 0 aliphatic heterocycles. The number of esters is 1. The van der Waals surface area contributed by atoms with Crippen molar-refractivity contribution < 1.29 is 14.3 Å². The average Bonchev–Trinajstić information content (AvgIpc) is 3.16. The predicted octanol–water partition coefficient (Wildman–Crippen LogP) is 7.79. The monoisotopic (exact) mass is 465 g/mol. The van der Waals surface area contributed by atoms with Crippen LogP contribution in [0.2, 0.25) is 5.02 Å². The van der Waals surface area contributed by atoms with Gasteiger partial charge in [0.25, 0.3) is 0 Å². The number of carbonyl (C=O) groups excluding carboxylic acids is 1. The lowest BCUT2D eigenvalue weighted by molar-refractivity contribution is -0.151. The van der Waals surface area contributed by atoms with Crippen molar-refractivity contribution in [3.63, 3.8) is 0 Å². The molecule has 0 amide bonds. The number of aromatic nitrogens is 1. The summed E-state index contributed by atoms with van der Waals surface area (Å²) in [4.78, 5) is 18.7. The third-order valence-corrected chi connectivity index (χ3v) is 6.58. The first-order chi connectivity index (χ1) is 15.4. The minimum absolute atomic E-state index is 0.0824. The first-order valence-electron chi connectivity index (χ1n) is 10.5. The first kappa shape index (κ1) is 22.3. The molecule has 6 heteroatoms. The Labute approximate surface area is 196 Å². The summed E-state index contributed by atoms with van der Waals surface area (Å²) in [7, 11) is 0. The lowest BCUT2D eigenvalue weighted by Gasteiger charge is -2.21. The van der Waals surface area contributed by atoms with E-state index in [1.165, 1.54) is 0 Å². The van der Waals surface area contributed by atoms with Crippen LogP contribution < -0.4 is 4.74 Å². The molecule has 0 bridgehead atoms. The number of ether oxygens (including phenoxy) is 2. The number of pyridine rings is 1. The molecule has 4 rings (SSSR count). The fraction of sp³-hybridized carbons (Fsp3) is 0.231. The maximum absolute atomic E-state index is 13.2. The van der Waals surface area contributed by atoms with Crippen LogP contribution in [0, 0.1) is 5.92 Å². The number of fused-ring (bicyclic) bond motifs is 1. The summed E-state index contributed by atoms with van der Waals surface area (Å²) >= 11 is 7.73. The van der Waals surface area contributed by atoms with E-state index in [4.69, 9.17) is 21.1 Å². The Morgan fingerprint density at radius 3 is 2.50 bits per heavy atom. The van der Waals surface area contributed by atoms with Crippen molar-refractivity contribution in [1.29, 1.82) is 0 Å². The summed E-state index contributed by atoms with van der Waals surface area (Å²) < 4.78 is 12.8. The Balaban J connectivity index is 1.51. The van der Waals surface area contributed by atoms with Crippen LogP contribution in [-0.4, -0.2) is 11.0 Å². The van der Waals surface area contributed by atoms with Crippen LogP contribution in [0.15, 0.2) is 72.8 Å². The van der Waals surface area contributed by atoms with Gasteiger partial charge in [-0.25, -0.2) is 4.98 Å². The number of benzene rings is 2. The number of halogens is 1. The van der Waals surface area contributed by atoms with Crippen molar-refractivity contribution in [2.75, 3.05) is 0 Å². The van der Waals surface area contributed by atoms with Gasteiger partial charge in [0.2, 0.25) is 5.88 Å². The lowest BCUT2D eigenvalue weighted by atomic mass is 9.94. The average molecular weight is 466 g/mol. The van der Waals surface area contributed by atoms with E-state index < -0.39 is 6.10 Å². The van der Waals surface area contributed by atoms with Gasteiger partial charge in [0.1, 0.15) is 11.9 Å². The van der Waals surface area contributed by atoms with E-state index in [0.29, 0.717) is 22.3 Å². The van der Waals surface area contributed by atoms with Crippen LogP contribution in [0.5, 0.6) is 11.6 Å². The third kappa shape index (κ3) is 5.12. The molecule has 0 saturated heterocycles. The van der Waals surface area contributed by atoms with Gasteiger partial charge in [-0.2, -0.15) is 0 Å². The Morgan fingerprint density at radius 2 is 1.75 bits per heavy atom. The topological polar surface area (TPSA) is 48.4 Å². The fourth-order valence-corrected chi connectivity index (χ4v) is 5.02. The number of carbonyl (C=O) groups is 1. The summed E-state index contributed by atoms with van der Waals surface area (Å²) in [5.41, 5.74) is 0.636. The molecule has 0 spiro atoms. The molecule has 0 aliphatic rings. The Morgan fingerprint density at radius 1 is 0.969 bits per heavy atom. The molecule has 32 heavy (non-hydrogen) atoms. The van der Waals surface area contributed by atoms with Crippen LogP contribution in [0.25, 0.3) is 10.1 Å². The fourth-order valence-electron chi connectivity index (χ4n) is 3.54. The highest BCUT2D eigenvalue weighted by Crippen LogP contribution is 2.37. The molecule has 2 aromatic heterocycles. The molecule has 0 fully saturated rings. The van der Waals surface area contributed by atoms with Gasteiger partial charge < -0.3 is 9.47 Å². The van der Waals surface area contributed by atoms with Gasteiger partial charge in [0.15, 0.2) is 0 Å². The van der Waals surface area contributed by atoms with Gasteiger partial charge in [0.05, 0.1) is 11.6 Å². The highest BCUT2D eigenvalue weighted by atomic mass is 35.5. The summed E-state index contributed by atoms with van der Waals surface area (Å²) in [5, 5.41) is 1.72. The summed E-state index contributed by atoms with van der Waals surface area (Å²) in [5.74, 6) is 0.614. The van der Waals surface area contributed by atoms with Crippen LogP contribution >= 0.6 is 22.9 Å². The highest BCUT2D eigenvalue weighted by molar-refractivity contribution is 7.19. The molecule has 0 aliphatic carbocycles. The quantitative estimate of drug-likeness (QED) is 0.261. The molecule has 0 radical (unpaired) electrons. The van der Waals surface area contributed by atoms with Gasteiger partial charge in [-0.15, -0.1) is 11.3 Å². The molecular formula is C26H24ClNO3S. The van der Waals surface area contributed by atoms with Gasteiger partial charge in [-0.1, -0.05) is 49.7 Å². The predicted molar refractivity (Wildman–Crippen MR) is 130 cm³/mol. The first-order valence-corrected chi connectivity index (χ1v) is 11.7. The molecule has 4 nitrogen and oxygen atoms in total. The van der Waals surface area contributed by atoms with Crippen molar-refractivity contribution in [3.05, 3.63) is 88.4 Å². The molecule has 0 N–H and O–H groups in total. The lowest BCUT2D eigenvalue weighted by Crippen LogP contribution is -2.21. The summed E-state index contributed by atoms with van der Waals surface area (Å²) in [6.45, 7) is 5.88. The number of rotatable bonds is 7. The number of hydrogen-bond acceptors (Lipinski definition) is 5. The summed E-state index contributed by atoms with van der Waals surface area (Å²) in [6, 6.07) is 22.7. The van der Waals surface area contributed by atoms with Crippen molar-refractivity contribution in [2.24, 2.45) is 5.92 Å². The molecule has 2 atom stereocenters. The van der Waals surface area contributed by atoms with Crippen LogP contribution in [0.4, 0.5) is 0 Å². The Bertz CT molecular complexity index is 1220. The second kappa shape index (κ2) is 9.72. The number of nitrogens with zero attached hydrogens (tertiary/aromatic N) is 1. The second-order valence-electron chi connectivity index (χ2n) is 7.95. The van der Waals surface area contributed by atoms with E-state index in [-0.39, 0.29) is 17.8 Å². The number of hydrogen-bond donors (Lipinski definition) is 0. The molecule has 2 unspecified atom stereocenters. The van der Waals surface area contributed by atoms with Crippen molar-refractivity contribution >= 4 is 39.0 Å². The zero-order valence-corrected chi connectivity index (χ0v) is 19.7. The van der Waals surface area contributed by atoms with E-state index >= 15 is 0 Å². The maximum atomic E-state index is 13.2. The van der Waals surface area contributed by atoms with Gasteiger partial charge in [-0.3, -0.25) is 4.79 Å². The summed E-state index contributed by atoms with van der Waals surface area (Å²) in [6.07, 6.45) is -0.508. The highest BCUT2D eigenvalue weighted by Gasteiger charge is 2.29. The van der Waals surface area contributed by atoms with E-state index in [0.717, 1.165) is 15.0 Å². The smallest absolute Gasteiger partial charge is 0.315 e. The molecule has 2 heterocycles. The Kier molecular flexibility index (Phi) is 6.77. The second-order valence-corrected chi connectivity index (χ2v) is 9.50. The minimum Gasteiger partial charge on any atom is -0.456 e. The van der Waals surface area contributed by atoms with Crippen LogP contribution in [0.1, 0.15) is 43.4 Å². The van der Waals surface area contributed by atoms with Crippen molar-refractivity contribution in [1.82, 2.24) is 4.98 Å². The largest absolute Gasteiger partial charge is 0.456 e. The molecule has 164 valence electrons. The van der Waals surface area contributed by atoms with Gasteiger partial charge in [-0.05, 0) is 60.7 Å². The van der Waals surface area contributed by atoms with E-state index in [1.54, 1.807) is 17.4 Å². The van der Waals surface area contributed by atoms with Crippen molar-refractivity contribution in [2.45, 2.75) is 32.8 Å². The zero-order chi connectivity index (χ0) is 22.7. The zero-order valence-electron chi connectivity index (χ0n) is 18.1. The van der Waals surface area contributed by atoms with Gasteiger partial charge >= 0.3 is 5.97 Å². The SMILES string of the molecule is CC(OC(=O)C(c1cc2cc(Cl)ccc2s1)C(C)C)c1cccc(Oc2ccccc2)n1. The number of para-hydroxylation sites is 1. The standard InChI is InChI=1S/C26H24ClNO3S/c1-16(2)25(23-15-18-14-19(27)12-13-22(18)32-23)26(29)30-17(3)21-10-7-11-24(28-21)31-20-8-5-4-6-9-20/h4-17,25H,1-3H3. The van der Waals surface area contributed by atoms with Crippen molar-refractivity contribution in [3.8, 4) is 11.6 Å². The van der Waals surface area contributed by atoms with E-state index in [9.17, 15) is 4.79 Å². The minimum atomic E-state index is -0.508. The number of thiophene rings is 1. The molecule has 2 aromatic carbocycles. The molecule has 0 saturated carbocycles. The van der Waals surface area contributed by atoms with E-state index in [2.05, 4.69) is 4.98 Å². The van der Waals surface area contributed by atoms with Crippen LogP contribution in [0.3, 0.4) is 0 Å².